The fourth-order valence-corrected chi connectivity index (χ4v) is 9.97. The summed E-state index contributed by atoms with van der Waals surface area (Å²) in [6.07, 6.45) is 0. The standard InChI is InChI=1S/C53H36N2S/c1-53(2)46-20-12-11-19-42(46)43-24-22-37(31-47(43)53)48-32-49(55-52(54-48)35-16-7-4-8-17-35)40-28-38(33-13-5-3-6-14-33)27-39(29-40)36-23-26-50-45(30-36)44-25-21-34-15-9-10-18-41(34)51(44)56-50/h3-32H,1-2H3. The Morgan fingerprint density at radius 1 is 0.393 bits per heavy atom. The third kappa shape index (κ3) is 5.31. The Balaban J connectivity index is 1.10. The second-order valence-corrected chi connectivity index (χ2v) is 16.5. The number of thiophene rings is 1. The molecule has 0 amide bonds. The van der Waals surface area contributed by atoms with Crippen LogP contribution in [0.4, 0.5) is 0 Å². The Labute approximate surface area is 330 Å². The van der Waals surface area contributed by atoms with Crippen LogP contribution in [0.2, 0.25) is 0 Å². The van der Waals surface area contributed by atoms with Crippen LogP contribution in [0.5, 0.6) is 0 Å². The molecule has 2 nitrogen and oxygen atoms in total. The van der Waals surface area contributed by atoms with Gasteiger partial charge in [0.25, 0.3) is 0 Å². The zero-order valence-corrected chi connectivity index (χ0v) is 31.9. The number of nitrogens with zero attached hydrogens (tertiary/aromatic N) is 2. The Morgan fingerprint density at radius 3 is 1.86 bits per heavy atom. The molecule has 10 aromatic rings. The van der Waals surface area contributed by atoms with Crippen LogP contribution in [0.3, 0.4) is 0 Å². The Hall–Kier alpha value is -6.68. The molecule has 2 aromatic heterocycles. The van der Waals surface area contributed by atoms with Gasteiger partial charge in [0, 0.05) is 42.3 Å². The molecule has 56 heavy (non-hydrogen) atoms. The first kappa shape index (κ1) is 32.7. The van der Waals surface area contributed by atoms with Gasteiger partial charge in [-0.2, -0.15) is 0 Å². The fourth-order valence-electron chi connectivity index (χ4n) is 8.75. The minimum atomic E-state index is -0.110. The fraction of sp³-hybridized carbons (Fsp3) is 0.0566. The second kappa shape index (κ2) is 12.7. The van der Waals surface area contributed by atoms with Gasteiger partial charge in [-0.15, -0.1) is 11.3 Å². The van der Waals surface area contributed by atoms with Gasteiger partial charge in [-0.1, -0.05) is 153 Å². The largest absolute Gasteiger partial charge is 0.228 e. The van der Waals surface area contributed by atoms with Crippen molar-refractivity contribution in [2.24, 2.45) is 0 Å². The normalized spacial score (nSPS) is 13.0. The van der Waals surface area contributed by atoms with E-state index in [2.05, 4.69) is 190 Å². The molecule has 3 heteroatoms. The lowest BCUT2D eigenvalue weighted by molar-refractivity contribution is 0.660. The summed E-state index contributed by atoms with van der Waals surface area (Å²) >= 11 is 1.88. The van der Waals surface area contributed by atoms with E-state index < -0.39 is 0 Å². The first-order valence-electron chi connectivity index (χ1n) is 19.2. The molecule has 8 aromatic carbocycles. The third-order valence-corrected chi connectivity index (χ3v) is 12.9. The van der Waals surface area contributed by atoms with E-state index in [1.807, 2.05) is 17.4 Å². The van der Waals surface area contributed by atoms with E-state index in [0.717, 1.165) is 39.2 Å². The molecule has 1 aliphatic rings. The van der Waals surface area contributed by atoms with Crippen LogP contribution >= 0.6 is 11.3 Å². The minimum Gasteiger partial charge on any atom is -0.228 e. The summed E-state index contributed by atoms with van der Waals surface area (Å²) in [5, 5.41) is 5.18. The molecule has 0 radical (unpaired) electrons. The van der Waals surface area contributed by atoms with Crippen LogP contribution in [0, 0.1) is 0 Å². The third-order valence-electron chi connectivity index (χ3n) is 11.7. The highest BCUT2D eigenvalue weighted by atomic mass is 32.1. The van der Waals surface area contributed by atoms with E-state index in [4.69, 9.17) is 9.97 Å². The van der Waals surface area contributed by atoms with Gasteiger partial charge in [-0.3, -0.25) is 0 Å². The van der Waals surface area contributed by atoms with E-state index >= 15 is 0 Å². The quantitative estimate of drug-likeness (QED) is 0.176. The van der Waals surface area contributed by atoms with Crippen LogP contribution < -0.4 is 0 Å². The van der Waals surface area contributed by atoms with Crippen molar-refractivity contribution < 1.29 is 0 Å². The number of hydrogen-bond acceptors (Lipinski definition) is 3. The lowest BCUT2D eigenvalue weighted by atomic mass is 9.82. The molecule has 0 saturated carbocycles. The highest BCUT2D eigenvalue weighted by Crippen LogP contribution is 2.50. The highest BCUT2D eigenvalue weighted by molar-refractivity contribution is 7.26. The maximum atomic E-state index is 5.30. The van der Waals surface area contributed by atoms with Crippen molar-refractivity contribution in [3.05, 3.63) is 193 Å². The molecule has 11 rings (SSSR count). The van der Waals surface area contributed by atoms with E-state index in [9.17, 15) is 0 Å². The average Bonchev–Trinajstić information content (AvgIpc) is 3.75. The zero-order valence-electron chi connectivity index (χ0n) is 31.1. The molecule has 0 aliphatic heterocycles. The molecule has 0 saturated heterocycles. The number of rotatable bonds is 5. The van der Waals surface area contributed by atoms with Gasteiger partial charge < -0.3 is 0 Å². The van der Waals surface area contributed by atoms with Crippen LogP contribution in [-0.2, 0) is 5.41 Å². The van der Waals surface area contributed by atoms with Crippen LogP contribution in [0.1, 0.15) is 25.0 Å². The lowest BCUT2D eigenvalue weighted by Gasteiger charge is -2.22. The van der Waals surface area contributed by atoms with Crippen molar-refractivity contribution in [2.75, 3.05) is 0 Å². The summed E-state index contributed by atoms with van der Waals surface area (Å²) in [6.45, 7) is 4.66. The van der Waals surface area contributed by atoms with Crippen LogP contribution in [0.15, 0.2) is 182 Å². The molecule has 0 spiro atoms. The first-order chi connectivity index (χ1) is 27.5. The SMILES string of the molecule is CC1(C)c2ccccc2-c2ccc(-c3cc(-c4cc(-c5ccccc5)cc(-c5ccc6sc7c8ccccc8ccc7c6c5)c4)nc(-c4ccccc4)n3)cc21. The second-order valence-electron chi connectivity index (χ2n) is 15.4. The molecule has 0 fully saturated rings. The average molecular weight is 733 g/mol. The number of fused-ring (bicyclic) bond motifs is 8. The maximum absolute atomic E-state index is 5.30. The topological polar surface area (TPSA) is 25.8 Å². The van der Waals surface area contributed by atoms with E-state index in [-0.39, 0.29) is 5.41 Å². The Bertz CT molecular complexity index is 3160. The molecule has 1 aliphatic carbocycles. The van der Waals surface area contributed by atoms with Crippen molar-refractivity contribution in [3.63, 3.8) is 0 Å². The molecule has 0 bridgehead atoms. The first-order valence-corrected chi connectivity index (χ1v) is 20.0. The van der Waals surface area contributed by atoms with Gasteiger partial charge in [0.15, 0.2) is 5.82 Å². The number of hydrogen-bond donors (Lipinski definition) is 0. The van der Waals surface area contributed by atoms with Gasteiger partial charge >= 0.3 is 0 Å². The number of aromatic nitrogens is 2. The van der Waals surface area contributed by atoms with Crippen LogP contribution in [0.25, 0.3) is 98.2 Å². The summed E-state index contributed by atoms with van der Waals surface area (Å²) in [7, 11) is 0. The monoisotopic (exact) mass is 732 g/mol. The zero-order chi connectivity index (χ0) is 37.4. The smallest absolute Gasteiger partial charge is 0.160 e. The predicted octanol–water partition coefficient (Wildman–Crippen LogP) is 14.6. The molecule has 0 atom stereocenters. The van der Waals surface area contributed by atoms with Gasteiger partial charge in [0.2, 0.25) is 0 Å². The van der Waals surface area contributed by atoms with E-state index in [1.165, 1.54) is 64.3 Å². The van der Waals surface area contributed by atoms with Crippen LogP contribution in [-0.4, -0.2) is 9.97 Å². The van der Waals surface area contributed by atoms with Crippen molar-refractivity contribution in [3.8, 4) is 67.3 Å². The van der Waals surface area contributed by atoms with E-state index in [1.54, 1.807) is 0 Å². The molecule has 0 unspecified atom stereocenters. The summed E-state index contributed by atoms with van der Waals surface area (Å²) in [5.74, 6) is 0.714. The summed E-state index contributed by atoms with van der Waals surface area (Å²) in [5.41, 5.74) is 14.8. The summed E-state index contributed by atoms with van der Waals surface area (Å²) in [6, 6.07) is 66.0. The van der Waals surface area contributed by atoms with Gasteiger partial charge in [0.1, 0.15) is 0 Å². The van der Waals surface area contributed by atoms with Crippen molar-refractivity contribution in [1.82, 2.24) is 9.97 Å². The van der Waals surface area contributed by atoms with Crippen molar-refractivity contribution >= 4 is 42.3 Å². The highest BCUT2D eigenvalue weighted by Gasteiger charge is 2.35. The number of benzene rings is 8. The summed E-state index contributed by atoms with van der Waals surface area (Å²) in [4.78, 5) is 10.6. The van der Waals surface area contributed by atoms with Crippen molar-refractivity contribution in [1.29, 1.82) is 0 Å². The molecule has 2 heterocycles. The van der Waals surface area contributed by atoms with Gasteiger partial charge in [-0.05, 0) is 97.7 Å². The summed E-state index contributed by atoms with van der Waals surface area (Å²) < 4.78 is 2.64. The minimum absolute atomic E-state index is 0.110. The molecule has 0 N–H and O–H groups in total. The van der Waals surface area contributed by atoms with Crippen molar-refractivity contribution in [2.45, 2.75) is 19.3 Å². The molecular formula is C53H36N2S. The van der Waals surface area contributed by atoms with Gasteiger partial charge in [-0.25, -0.2) is 9.97 Å². The Kier molecular flexibility index (Phi) is 7.42. The molecule has 264 valence electrons. The Morgan fingerprint density at radius 2 is 1.04 bits per heavy atom. The maximum Gasteiger partial charge on any atom is 0.160 e. The predicted molar refractivity (Wildman–Crippen MR) is 237 cm³/mol. The lowest BCUT2D eigenvalue weighted by Crippen LogP contribution is -2.14. The van der Waals surface area contributed by atoms with Gasteiger partial charge in [0.05, 0.1) is 11.4 Å². The van der Waals surface area contributed by atoms with E-state index in [0.29, 0.717) is 5.82 Å². The molecular weight excluding hydrogens is 697 g/mol.